The van der Waals surface area contributed by atoms with Gasteiger partial charge in [0.2, 0.25) is 5.95 Å². The van der Waals surface area contributed by atoms with E-state index < -0.39 is 0 Å². The number of hydrogen-bond donors (Lipinski definition) is 0. The Labute approximate surface area is 127 Å². The zero-order chi connectivity index (χ0) is 13.9. The molecule has 2 aromatic heterocycles. The fourth-order valence-electron chi connectivity index (χ4n) is 2.23. The Morgan fingerprint density at radius 3 is 2.55 bits per heavy atom. The van der Waals surface area contributed by atoms with Gasteiger partial charge in [0, 0.05) is 55.2 Å². The molecular formula is C13H16ClN5S. The van der Waals surface area contributed by atoms with Crippen LogP contribution >= 0.6 is 22.9 Å². The highest BCUT2D eigenvalue weighted by molar-refractivity contribution is 7.13. The number of halogens is 1. The number of thiazole rings is 1. The van der Waals surface area contributed by atoms with Gasteiger partial charge in [-0.2, -0.15) is 0 Å². The maximum atomic E-state index is 5.84. The Morgan fingerprint density at radius 1 is 1.20 bits per heavy atom. The molecule has 0 aromatic carbocycles. The maximum absolute atomic E-state index is 5.84. The largest absolute Gasteiger partial charge is 0.345 e. The first kappa shape index (κ1) is 13.6. The number of aromatic nitrogens is 3. The molecule has 0 bridgehead atoms. The van der Waals surface area contributed by atoms with Crippen molar-refractivity contribution in [2.24, 2.45) is 0 Å². The normalized spacial score (nSPS) is 15.7. The van der Waals surface area contributed by atoms with Gasteiger partial charge in [0.05, 0.1) is 5.88 Å². The zero-order valence-electron chi connectivity index (χ0n) is 11.3. The van der Waals surface area contributed by atoms with Gasteiger partial charge in [-0.1, -0.05) is 0 Å². The molecule has 5 nitrogen and oxygen atoms in total. The fraction of sp³-hybridized carbons (Fsp3) is 0.462. The molecule has 3 heterocycles. The zero-order valence-corrected chi connectivity index (χ0v) is 12.9. The van der Waals surface area contributed by atoms with Crippen LogP contribution in [-0.4, -0.2) is 41.1 Å². The van der Waals surface area contributed by atoms with E-state index in [0.29, 0.717) is 5.88 Å². The number of piperazine rings is 1. The minimum Gasteiger partial charge on any atom is -0.345 e. The summed E-state index contributed by atoms with van der Waals surface area (Å²) in [5, 5.41) is 3.11. The van der Waals surface area contributed by atoms with E-state index in [1.807, 2.05) is 24.7 Å². The van der Waals surface area contributed by atoms with E-state index in [0.717, 1.165) is 48.5 Å². The van der Waals surface area contributed by atoms with Crippen LogP contribution in [0.4, 0.5) is 11.1 Å². The van der Waals surface area contributed by atoms with Gasteiger partial charge in [0.1, 0.15) is 0 Å². The number of rotatable bonds is 3. The van der Waals surface area contributed by atoms with Gasteiger partial charge >= 0.3 is 0 Å². The Morgan fingerprint density at radius 2 is 1.95 bits per heavy atom. The third kappa shape index (κ3) is 2.71. The molecule has 0 unspecified atom stereocenters. The van der Waals surface area contributed by atoms with Crippen molar-refractivity contribution in [3.63, 3.8) is 0 Å². The first-order valence-corrected chi connectivity index (χ1v) is 7.97. The molecule has 0 amide bonds. The van der Waals surface area contributed by atoms with Crippen LogP contribution in [0.1, 0.15) is 11.3 Å². The van der Waals surface area contributed by atoms with Gasteiger partial charge in [-0.05, 0) is 6.92 Å². The van der Waals surface area contributed by atoms with Crippen LogP contribution in [-0.2, 0) is 5.88 Å². The summed E-state index contributed by atoms with van der Waals surface area (Å²) in [6.07, 6.45) is 3.68. The summed E-state index contributed by atoms with van der Waals surface area (Å²) in [7, 11) is 0. The lowest BCUT2D eigenvalue weighted by atomic mass is 10.3. The summed E-state index contributed by atoms with van der Waals surface area (Å²) in [6, 6.07) is 0. The summed E-state index contributed by atoms with van der Waals surface area (Å²) < 4.78 is 0. The smallest absolute Gasteiger partial charge is 0.225 e. The molecule has 1 aliphatic heterocycles. The molecule has 1 saturated heterocycles. The Bertz CT molecular complexity index is 566. The van der Waals surface area contributed by atoms with Crippen molar-refractivity contribution in [2.45, 2.75) is 12.8 Å². The molecule has 0 aliphatic carbocycles. The van der Waals surface area contributed by atoms with Crippen LogP contribution in [0.5, 0.6) is 0 Å². The van der Waals surface area contributed by atoms with Crippen LogP contribution < -0.4 is 9.80 Å². The second-order valence-corrected chi connectivity index (χ2v) is 5.84. The number of hydrogen-bond acceptors (Lipinski definition) is 6. The van der Waals surface area contributed by atoms with Crippen LogP contribution in [0.25, 0.3) is 0 Å². The lowest BCUT2D eigenvalue weighted by Gasteiger charge is -2.34. The van der Waals surface area contributed by atoms with Crippen molar-refractivity contribution in [1.82, 2.24) is 15.0 Å². The molecule has 20 heavy (non-hydrogen) atoms. The Kier molecular flexibility index (Phi) is 4.03. The molecule has 1 fully saturated rings. The molecule has 0 N–H and O–H groups in total. The molecule has 1 aliphatic rings. The maximum Gasteiger partial charge on any atom is 0.225 e. The summed E-state index contributed by atoms with van der Waals surface area (Å²) in [6.45, 7) is 5.72. The number of aryl methyl sites for hydroxylation is 1. The van der Waals surface area contributed by atoms with Crippen LogP contribution in [0.15, 0.2) is 17.8 Å². The topological polar surface area (TPSA) is 45.2 Å². The second-order valence-electron chi connectivity index (χ2n) is 4.70. The second kappa shape index (κ2) is 5.93. The van der Waals surface area contributed by atoms with E-state index in [2.05, 4.69) is 24.8 Å². The molecule has 0 spiro atoms. The van der Waals surface area contributed by atoms with Gasteiger partial charge in [-0.25, -0.2) is 15.0 Å². The fourth-order valence-corrected chi connectivity index (χ4v) is 3.19. The van der Waals surface area contributed by atoms with Gasteiger partial charge in [0.15, 0.2) is 5.13 Å². The summed E-state index contributed by atoms with van der Waals surface area (Å²) in [4.78, 5) is 17.9. The minimum atomic E-state index is 0.462. The standard InChI is InChI=1S/C13H16ClN5S/c1-10-11(8-14)9-16-12(17-10)18-3-5-19(6-4-18)13-15-2-7-20-13/h2,7,9H,3-6,8H2,1H3. The average molecular weight is 310 g/mol. The quantitative estimate of drug-likeness (QED) is 0.814. The Hall–Kier alpha value is -1.40. The molecule has 0 atom stereocenters. The van der Waals surface area contributed by atoms with Gasteiger partial charge in [-0.3, -0.25) is 0 Å². The van der Waals surface area contributed by atoms with Crippen molar-refractivity contribution in [3.05, 3.63) is 29.0 Å². The van der Waals surface area contributed by atoms with E-state index in [4.69, 9.17) is 11.6 Å². The van der Waals surface area contributed by atoms with Crippen molar-refractivity contribution in [2.75, 3.05) is 36.0 Å². The van der Waals surface area contributed by atoms with Crippen LogP contribution in [0.3, 0.4) is 0 Å². The van der Waals surface area contributed by atoms with E-state index in [-0.39, 0.29) is 0 Å². The highest BCUT2D eigenvalue weighted by Gasteiger charge is 2.20. The average Bonchev–Trinajstić information content (AvgIpc) is 3.01. The van der Waals surface area contributed by atoms with Crippen molar-refractivity contribution < 1.29 is 0 Å². The molecule has 3 rings (SSSR count). The first-order chi connectivity index (χ1) is 9.78. The number of alkyl halides is 1. The van der Waals surface area contributed by atoms with Crippen molar-refractivity contribution in [3.8, 4) is 0 Å². The van der Waals surface area contributed by atoms with E-state index in [9.17, 15) is 0 Å². The molecule has 0 radical (unpaired) electrons. The predicted octanol–water partition coefficient (Wildman–Crippen LogP) is 2.31. The van der Waals surface area contributed by atoms with Crippen molar-refractivity contribution >= 4 is 34.0 Å². The summed E-state index contributed by atoms with van der Waals surface area (Å²) >= 11 is 7.52. The van der Waals surface area contributed by atoms with Crippen LogP contribution in [0, 0.1) is 6.92 Å². The molecule has 0 saturated carbocycles. The molecule has 106 valence electrons. The van der Waals surface area contributed by atoms with E-state index in [1.54, 1.807) is 11.3 Å². The number of nitrogens with zero attached hydrogens (tertiary/aromatic N) is 5. The van der Waals surface area contributed by atoms with Gasteiger partial charge in [0.25, 0.3) is 0 Å². The predicted molar refractivity (Wildman–Crippen MR) is 82.9 cm³/mol. The van der Waals surface area contributed by atoms with E-state index >= 15 is 0 Å². The lowest BCUT2D eigenvalue weighted by molar-refractivity contribution is 0.637. The van der Waals surface area contributed by atoms with Crippen molar-refractivity contribution in [1.29, 1.82) is 0 Å². The molecule has 2 aromatic rings. The van der Waals surface area contributed by atoms with Crippen LogP contribution in [0.2, 0.25) is 0 Å². The summed E-state index contributed by atoms with van der Waals surface area (Å²) in [5.74, 6) is 1.26. The lowest BCUT2D eigenvalue weighted by Crippen LogP contribution is -2.47. The molecule has 7 heteroatoms. The Balaban J connectivity index is 1.67. The third-order valence-corrected chi connectivity index (χ3v) is 4.58. The molecular weight excluding hydrogens is 294 g/mol. The van der Waals surface area contributed by atoms with E-state index in [1.165, 1.54) is 0 Å². The minimum absolute atomic E-state index is 0.462. The summed E-state index contributed by atoms with van der Waals surface area (Å²) in [5.41, 5.74) is 1.96. The first-order valence-electron chi connectivity index (χ1n) is 6.56. The monoisotopic (exact) mass is 309 g/mol. The highest BCUT2D eigenvalue weighted by Crippen LogP contribution is 2.21. The SMILES string of the molecule is Cc1nc(N2CCN(c3nccs3)CC2)ncc1CCl. The number of anilines is 2. The van der Waals surface area contributed by atoms with Gasteiger partial charge < -0.3 is 9.80 Å². The van der Waals surface area contributed by atoms with Gasteiger partial charge in [-0.15, -0.1) is 22.9 Å². The highest BCUT2D eigenvalue weighted by atomic mass is 35.5. The third-order valence-electron chi connectivity index (χ3n) is 3.46.